The van der Waals surface area contributed by atoms with E-state index in [2.05, 4.69) is 20.5 Å². The van der Waals surface area contributed by atoms with Crippen LogP contribution in [0.3, 0.4) is 0 Å². The van der Waals surface area contributed by atoms with Gasteiger partial charge in [-0.25, -0.2) is 4.79 Å². The van der Waals surface area contributed by atoms with Crippen LogP contribution in [0.25, 0.3) is 22.2 Å². The van der Waals surface area contributed by atoms with Gasteiger partial charge in [-0.3, -0.25) is 4.79 Å². The zero-order valence-corrected chi connectivity index (χ0v) is 17.0. The lowest BCUT2D eigenvalue weighted by atomic mass is 9.93. The molecule has 1 atom stereocenters. The molecule has 1 aliphatic rings. The summed E-state index contributed by atoms with van der Waals surface area (Å²) >= 11 is 0. The Morgan fingerprint density at radius 1 is 1.34 bits per heavy atom. The lowest BCUT2D eigenvalue weighted by molar-refractivity contribution is 0.0691. The van der Waals surface area contributed by atoms with Crippen molar-refractivity contribution in [2.45, 2.75) is 32.2 Å². The minimum Gasteiger partial charge on any atom is -0.506 e. The number of aromatic amines is 1. The molecule has 0 amide bonds. The second-order valence-corrected chi connectivity index (χ2v) is 8.17. The van der Waals surface area contributed by atoms with Gasteiger partial charge in [0.25, 0.3) is 5.56 Å². The number of carboxylic acids is 1. The molecule has 3 N–H and O–H groups in total. The topological polar surface area (TPSA) is 98.6 Å². The first-order valence-corrected chi connectivity index (χ1v) is 9.68. The number of hydrogen-bond acceptors (Lipinski definition) is 4. The number of aromatic hydroxyl groups is 1. The van der Waals surface area contributed by atoms with Crippen LogP contribution < -0.4 is 5.56 Å². The fraction of sp³-hybridized carbons (Fsp3) is 0.364. The summed E-state index contributed by atoms with van der Waals surface area (Å²) < 4.78 is 2.18. The van der Waals surface area contributed by atoms with E-state index in [1.165, 1.54) is 5.69 Å². The van der Waals surface area contributed by atoms with Crippen LogP contribution in [0.15, 0.2) is 23.0 Å². The number of H-pyrrole nitrogens is 1. The third kappa shape index (κ3) is 2.93. The average molecular weight is 395 g/mol. The van der Waals surface area contributed by atoms with E-state index < -0.39 is 22.8 Å². The zero-order chi connectivity index (χ0) is 21.0. The van der Waals surface area contributed by atoms with E-state index in [0.29, 0.717) is 11.3 Å². The SMILES string of the molecule is C[C@H]1CCc2c(ccc3c2cc(CN(C)C)n3C)-c2[nH]c(=O)c(C(=O)O)c(O)c21. The Morgan fingerprint density at radius 3 is 2.72 bits per heavy atom. The highest BCUT2D eigenvalue weighted by Gasteiger charge is 2.29. The summed E-state index contributed by atoms with van der Waals surface area (Å²) in [6.07, 6.45) is 1.52. The van der Waals surface area contributed by atoms with Gasteiger partial charge in [0.15, 0.2) is 5.56 Å². The smallest absolute Gasteiger partial charge is 0.345 e. The number of aromatic nitrogens is 2. The minimum atomic E-state index is -1.42. The van der Waals surface area contributed by atoms with Gasteiger partial charge in [-0.2, -0.15) is 0 Å². The molecule has 1 aliphatic carbocycles. The Balaban J connectivity index is 2.03. The molecule has 0 bridgehead atoms. The Labute approximate surface area is 168 Å². The van der Waals surface area contributed by atoms with E-state index in [0.717, 1.165) is 41.4 Å². The summed E-state index contributed by atoms with van der Waals surface area (Å²) in [5, 5.41) is 21.1. The van der Waals surface area contributed by atoms with Crippen LogP contribution in [0.2, 0.25) is 0 Å². The van der Waals surface area contributed by atoms with Crippen LogP contribution in [0, 0.1) is 0 Å². The molecule has 2 heterocycles. The van der Waals surface area contributed by atoms with Crippen molar-refractivity contribution in [1.82, 2.24) is 14.5 Å². The van der Waals surface area contributed by atoms with Crippen LogP contribution in [0.4, 0.5) is 0 Å². The van der Waals surface area contributed by atoms with Crippen molar-refractivity contribution in [2.75, 3.05) is 14.1 Å². The third-order valence-electron chi connectivity index (χ3n) is 5.95. The number of nitrogens with one attached hydrogen (secondary N) is 1. The number of rotatable bonds is 3. The lowest BCUT2D eigenvalue weighted by Gasteiger charge is -2.16. The van der Waals surface area contributed by atoms with Crippen LogP contribution in [0.1, 0.15) is 46.4 Å². The van der Waals surface area contributed by atoms with Gasteiger partial charge < -0.3 is 24.7 Å². The molecule has 1 aromatic carbocycles. The van der Waals surface area contributed by atoms with Crippen molar-refractivity contribution >= 4 is 16.9 Å². The van der Waals surface area contributed by atoms with Crippen LogP contribution in [-0.2, 0) is 20.0 Å². The van der Waals surface area contributed by atoms with E-state index in [1.54, 1.807) is 0 Å². The molecule has 0 spiro atoms. The molecule has 0 unspecified atom stereocenters. The number of benzene rings is 1. The van der Waals surface area contributed by atoms with Gasteiger partial charge in [0.1, 0.15) is 5.75 Å². The molecule has 29 heavy (non-hydrogen) atoms. The van der Waals surface area contributed by atoms with Gasteiger partial charge >= 0.3 is 5.97 Å². The summed E-state index contributed by atoms with van der Waals surface area (Å²) in [4.78, 5) is 28.8. The normalized spacial score (nSPS) is 16.0. The quantitative estimate of drug-likeness (QED) is 0.633. The van der Waals surface area contributed by atoms with E-state index in [9.17, 15) is 19.8 Å². The van der Waals surface area contributed by atoms with Crippen molar-refractivity contribution in [3.05, 3.63) is 50.9 Å². The van der Waals surface area contributed by atoms with E-state index in [-0.39, 0.29) is 5.92 Å². The number of carbonyl (C=O) groups is 1. The van der Waals surface area contributed by atoms with Gasteiger partial charge in [-0.1, -0.05) is 13.0 Å². The molecule has 0 saturated heterocycles. The van der Waals surface area contributed by atoms with Crippen LogP contribution in [-0.4, -0.2) is 44.7 Å². The molecule has 4 rings (SSSR count). The zero-order valence-electron chi connectivity index (χ0n) is 17.0. The molecule has 0 aliphatic heterocycles. The Bertz CT molecular complexity index is 1200. The van der Waals surface area contributed by atoms with Gasteiger partial charge in [-0.05, 0) is 50.6 Å². The average Bonchev–Trinajstić information content (AvgIpc) is 2.85. The summed E-state index contributed by atoms with van der Waals surface area (Å²) in [5.74, 6) is -1.93. The fourth-order valence-electron chi connectivity index (χ4n) is 4.50. The molecule has 2 aromatic heterocycles. The number of carboxylic acid groups (broad SMARTS) is 1. The fourth-order valence-corrected chi connectivity index (χ4v) is 4.50. The summed E-state index contributed by atoms with van der Waals surface area (Å²) in [6.45, 7) is 2.76. The summed E-state index contributed by atoms with van der Waals surface area (Å²) in [6, 6.07) is 6.17. The van der Waals surface area contributed by atoms with Gasteiger partial charge in [0, 0.05) is 41.3 Å². The molecule has 7 nitrogen and oxygen atoms in total. The highest BCUT2D eigenvalue weighted by molar-refractivity contribution is 5.95. The number of pyridine rings is 1. The summed E-state index contributed by atoms with van der Waals surface area (Å²) in [7, 11) is 6.11. The monoisotopic (exact) mass is 395 g/mol. The van der Waals surface area contributed by atoms with Gasteiger partial charge in [-0.15, -0.1) is 0 Å². The highest BCUT2D eigenvalue weighted by Crippen LogP contribution is 2.43. The predicted molar refractivity (Wildman–Crippen MR) is 112 cm³/mol. The first-order valence-electron chi connectivity index (χ1n) is 9.68. The lowest BCUT2D eigenvalue weighted by Crippen LogP contribution is -2.20. The molecular weight excluding hydrogens is 370 g/mol. The molecule has 3 aromatic rings. The molecule has 0 fully saturated rings. The molecule has 7 heteroatoms. The second-order valence-electron chi connectivity index (χ2n) is 8.17. The second kappa shape index (κ2) is 6.77. The number of aryl methyl sites for hydroxylation is 2. The largest absolute Gasteiger partial charge is 0.506 e. The Kier molecular flexibility index (Phi) is 4.50. The third-order valence-corrected chi connectivity index (χ3v) is 5.95. The Hall–Kier alpha value is -3.06. The molecule has 152 valence electrons. The Morgan fingerprint density at radius 2 is 2.07 bits per heavy atom. The number of hydrogen-bond donors (Lipinski definition) is 3. The van der Waals surface area contributed by atoms with E-state index >= 15 is 0 Å². The van der Waals surface area contributed by atoms with Gasteiger partial charge in [0.2, 0.25) is 0 Å². The molecule has 0 saturated carbocycles. The highest BCUT2D eigenvalue weighted by atomic mass is 16.4. The van der Waals surface area contributed by atoms with Crippen molar-refractivity contribution in [1.29, 1.82) is 0 Å². The molecule has 0 radical (unpaired) electrons. The number of nitrogens with zero attached hydrogens (tertiary/aromatic N) is 2. The van der Waals surface area contributed by atoms with Crippen LogP contribution in [0.5, 0.6) is 5.75 Å². The standard InChI is InChI=1S/C22H25N3O4/c1-11-5-6-13-14(19-17(11)20(26)18(22(28)29)21(27)23-19)7-8-16-15(13)9-12(25(16)4)10-24(2)3/h7-9,11H,5-6,10H2,1-4H3,(H,28,29)(H2,23,26,27)/t11-/m0/s1. The van der Waals surface area contributed by atoms with Gasteiger partial charge in [0.05, 0.1) is 5.69 Å². The van der Waals surface area contributed by atoms with Crippen molar-refractivity contribution in [3.63, 3.8) is 0 Å². The molecular formula is C22H25N3O4. The van der Waals surface area contributed by atoms with Crippen molar-refractivity contribution in [3.8, 4) is 17.0 Å². The maximum atomic E-state index is 12.4. The van der Waals surface area contributed by atoms with E-state index in [1.807, 2.05) is 40.2 Å². The minimum absolute atomic E-state index is 0.0904. The first kappa shape index (κ1) is 19.3. The van der Waals surface area contributed by atoms with E-state index in [4.69, 9.17) is 0 Å². The predicted octanol–water partition coefficient (Wildman–Crippen LogP) is 3.05. The summed E-state index contributed by atoms with van der Waals surface area (Å²) in [5.41, 5.74) is 3.93. The van der Waals surface area contributed by atoms with Crippen molar-refractivity contribution < 1.29 is 15.0 Å². The maximum absolute atomic E-state index is 12.4. The number of aromatic carboxylic acids is 1. The maximum Gasteiger partial charge on any atom is 0.345 e. The first-order chi connectivity index (χ1) is 13.7. The van der Waals surface area contributed by atoms with Crippen molar-refractivity contribution in [2.24, 2.45) is 7.05 Å². The number of fused-ring (bicyclic) bond motifs is 5. The van der Waals surface area contributed by atoms with Crippen LogP contribution >= 0.6 is 0 Å².